The number of hydrogen-bond donors (Lipinski definition) is 1. The molecular weight excluding hydrogens is 439 g/mol. The van der Waals surface area contributed by atoms with Crippen LogP contribution in [0.4, 0.5) is 0 Å². The maximum absolute atomic E-state index is 12.3. The standard InChI is InChI=1S/C17H17IN2O3S/c1-4-7-23-15-12(18)8-11(10-14(15)22-6-3)9-13-16(21)20(5-2)17(24)19-13/h1,8-10H,5-7H2,2-3H3,(H,19,24)/b13-9-. The first-order valence-corrected chi connectivity index (χ1v) is 8.87. The van der Waals surface area contributed by atoms with E-state index in [1.54, 1.807) is 6.08 Å². The fourth-order valence-corrected chi connectivity index (χ4v) is 3.32. The molecule has 0 spiro atoms. The largest absolute Gasteiger partial charge is 0.490 e. The summed E-state index contributed by atoms with van der Waals surface area (Å²) < 4.78 is 12.1. The van der Waals surface area contributed by atoms with Gasteiger partial charge in [-0.2, -0.15) is 0 Å². The number of nitrogens with one attached hydrogen (secondary N) is 1. The van der Waals surface area contributed by atoms with Crippen molar-refractivity contribution in [2.24, 2.45) is 0 Å². The molecule has 1 aliphatic rings. The molecule has 7 heteroatoms. The Bertz CT molecular complexity index is 740. The monoisotopic (exact) mass is 456 g/mol. The molecule has 1 aromatic rings. The van der Waals surface area contributed by atoms with Gasteiger partial charge >= 0.3 is 0 Å². The van der Waals surface area contributed by atoms with Gasteiger partial charge in [-0.15, -0.1) is 6.42 Å². The molecule has 5 nitrogen and oxygen atoms in total. The van der Waals surface area contributed by atoms with Crippen molar-refractivity contribution < 1.29 is 14.3 Å². The Hall–Kier alpha value is -1.79. The third-order valence-corrected chi connectivity index (χ3v) is 4.34. The van der Waals surface area contributed by atoms with Crippen LogP contribution in [-0.4, -0.2) is 35.7 Å². The number of benzene rings is 1. The summed E-state index contributed by atoms with van der Waals surface area (Å²) in [5.41, 5.74) is 1.25. The van der Waals surface area contributed by atoms with Crippen LogP contribution >= 0.6 is 34.8 Å². The van der Waals surface area contributed by atoms with Gasteiger partial charge in [0, 0.05) is 6.54 Å². The molecule has 2 rings (SSSR count). The summed E-state index contributed by atoms with van der Waals surface area (Å²) in [6.07, 6.45) is 7.00. The second-order valence-electron chi connectivity index (χ2n) is 4.79. The zero-order chi connectivity index (χ0) is 17.7. The number of terminal acetylenes is 1. The minimum absolute atomic E-state index is 0.136. The molecular formula is C17H17IN2O3S. The number of amides is 1. The van der Waals surface area contributed by atoms with Gasteiger partial charge in [-0.1, -0.05) is 5.92 Å². The summed E-state index contributed by atoms with van der Waals surface area (Å²) in [7, 11) is 0. The van der Waals surface area contributed by atoms with Crippen LogP contribution in [0.15, 0.2) is 17.8 Å². The van der Waals surface area contributed by atoms with Crippen LogP contribution in [0.3, 0.4) is 0 Å². The summed E-state index contributed by atoms with van der Waals surface area (Å²) in [6.45, 7) is 4.96. The first-order valence-electron chi connectivity index (χ1n) is 7.38. The molecule has 1 saturated heterocycles. The molecule has 1 fully saturated rings. The summed E-state index contributed by atoms with van der Waals surface area (Å²) in [5, 5.41) is 3.36. The zero-order valence-corrected chi connectivity index (χ0v) is 16.4. The average molecular weight is 456 g/mol. The minimum atomic E-state index is -0.136. The Balaban J connectivity index is 2.38. The molecule has 0 unspecified atom stereocenters. The Morgan fingerprint density at radius 1 is 1.42 bits per heavy atom. The van der Waals surface area contributed by atoms with Crippen LogP contribution in [0.2, 0.25) is 0 Å². The van der Waals surface area contributed by atoms with E-state index >= 15 is 0 Å². The molecule has 1 N–H and O–H groups in total. The smallest absolute Gasteiger partial charge is 0.276 e. The summed E-state index contributed by atoms with van der Waals surface area (Å²) >= 11 is 7.31. The Labute approximate surface area is 160 Å². The predicted molar refractivity (Wildman–Crippen MR) is 106 cm³/mol. The van der Waals surface area contributed by atoms with E-state index in [2.05, 4.69) is 33.8 Å². The van der Waals surface area contributed by atoms with Gasteiger partial charge in [-0.25, -0.2) is 0 Å². The molecule has 1 aliphatic heterocycles. The van der Waals surface area contributed by atoms with Gasteiger partial charge in [0.05, 0.1) is 10.2 Å². The van der Waals surface area contributed by atoms with Gasteiger partial charge < -0.3 is 14.8 Å². The lowest BCUT2D eigenvalue weighted by Crippen LogP contribution is -2.30. The molecule has 0 radical (unpaired) electrons. The molecule has 126 valence electrons. The van der Waals surface area contributed by atoms with Gasteiger partial charge in [-0.3, -0.25) is 9.69 Å². The second kappa shape index (κ2) is 8.35. The van der Waals surface area contributed by atoms with E-state index in [-0.39, 0.29) is 12.5 Å². The third kappa shape index (κ3) is 3.99. The topological polar surface area (TPSA) is 50.8 Å². The lowest BCUT2D eigenvalue weighted by molar-refractivity contribution is -0.122. The third-order valence-electron chi connectivity index (χ3n) is 3.22. The first-order chi connectivity index (χ1) is 11.5. The Morgan fingerprint density at radius 2 is 2.17 bits per heavy atom. The average Bonchev–Trinajstić information content (AvgIpc) is 2.80. The van der Waals surface area contributed by atoms with E-state index in [9.17, 15) is 4.79 Å². The van der Waals surface area contributed by atoms with Crippen LogP contribution in [0.1, 0.15) is 19.4 Å². The summed E-state index contributed by atoms with van der Waals surface area (Å²) in [6, 6.07) is 3.71. The zero-order valence-electron chi connectivity index (χ0n) is 13.4. The van der Waals surface area contributed by atoms with E-state index in [0.717, 1.165) is 9.13 Å². The minimum Gasteiger partial charge on any atom is -0.490 e. The Morgan fingerprint density at radius 3 is 2.75 bits per heavy atom. The molecule has 0 saturated carbocycles. The van der Waals surface area contributed by atoms with Crippen LogP contribution < -0.4 is 14.8 Å². The highest BCUT2D eigenvalue weighted by Crippen LogP contribution is 2.35. The maximum atomic E-state index is 12.3. The molecule has 0 aromatic heterocycles. The number of rotatable bonds is 6. The number of hydrogen-bond acceptors (Lipinski definition) is 4. The van der Waals surface area contributed by atoms with Crippen molar-refractivity contribution in [2.75, 3.05) is 19.8 Å². The van der Waals surface area contributed by atoms with Crippen molar-refractivity contribution in [1.29, 1.82) is 0 Å². The molecule has 0 atom stereocenters. The van der Waals surface area contributed by atoms with Crippen molar-refractivity contribution >= 4 is 51.9 Å². The highest BCUT2D eigenvalue weighted by Gasteiger charge is 2.29. The molecule has 0 bridgehead atoms. The van der Waals surface area contributed by atoms with Crippen LogP contribution in [0, 0.1) is 15.9 Å². The van der Waals surface area contributed by atoms with E-state index in [1.807, 2.05) is 26.0 Å². The lowest BCUT2D eigenvalue weighted by Gasteiger charge is -2.13. The quantitative estimate of drug-likeness (QED) is 0.309. The lowest BCUT2D eigenvalue weighted by atomic mass is 10.1. The van der Waals surface area contributed by atoms with Crippen LogP contribution in [-0.2, 0) is 4.79 Å². The van der Waals surface area contributed by atoms with E-state index in [4.69, 9.17) is 28.1 Å². The number of nitrogens with zero attached hydrogens (tertiary/aromatic N) is 1. The predicted octanol–water partition coefficient (Wildman–Crippen LogP) is 2.78. The number of ether oxygens (including phenoxy) is 2. The van der Waals surface area contributed by atoms with Crippen molar-refractivity contribution in [3.63, 3.8) is 0 Å². The van der Waals surface area contributed by atoms with Crippen molar-refractivity contribution in [2.45, 2.75) is 13.8 Å². The second-order valence-corrected chi connectivity index (χ2v) is 6.34. The molecule has 1 aromatic carbocycles. The maximum Gasteiger partial charge on any atom is 0.276 e. The van der Waals surface area contributed by atoms with Gasteiger partial charge in [0.15, 0.2) is 16.6 Å². The highest BCUT2D eigenvalue weighted by atomic mass is 127. The number of carbonyl (C=O) groups is 1. The van der Waals surface area contributed by atoms with Crippen LogP contribution in [0.5, 0.6) is 11.5 Å². The van der Waals surface area contributed by atoms with Gasteiger partial charge in [0.1, 0.15) is 12.3 Å². The number of likely N-dealkylation sites (N-methyl/N-ethyl adjacent to an activating group) is 1. The normalized spacial score (nSPS) is 15.4. The SMILES string of the molecule is C#CCOc1c(I)cc(/C=C2\NC(=S)N(CC)C2=O)cc1OCC. The van der Waals surface area contributed by atoms with Crippen molar-refractivity contribution in [1.82, 2.24) is 10.2 Å². The Kier molecular flexibility index (Phi) is 6.45. The van der Waals surface area contributed by atoms with E-state index < -0.39 is 0 Å². The van der Waals surface area contributed by atoms with Crippen molar-refractivity contribution in [3.8, 4) is 23.8 Å². The van der Waals surface area contributed by atoms with Gasteiger partial charge in [0.2, 0.25) is 0 Å². The fourth-order valence-electron chi connectivity index (χ4n) is 2.21. The highest BCUT2D eigenvalue weighted by molar-refractivity contribution is 14.1. The molecule has 0 aliphatic carbocycles. The molecule has 1 amide bonds. The summed E-state index contributed by atoms with van der Waals surface area (Å²) in [5.74, 6) is 3.50. The summed E-state index contributed by atoms with van der Waals surface area (Å²) in [4.78, 5) is 13.8. The number of thiocarbonyl (C=S) groups is 1. The van der Waals surface area contributed by atoms with Gasteiger partial charge in [-0.05, 0) is 72.4 Å². The van der Waals surface area contributed by atoms with Gasteiger partial charge in [0.25, 0.3) is 5.91 Å². The first kappa shape index (κ1) is 18.5. The number of halogens is 1. The number of carbonyl (C=O) groups excluding carboxylic acids is 1. The van der Waals surface area contributed by atoms with Crippen LogP contribution in [0.25, 0.3) is 6.08 Å². The van der Waals surface area contributed by atoms with E-state index in [0.29, 0.717) is 35.5 Å². The van der Waals surface area contributed by atoms with E-state index in [1.165, 1.54) is 4.90 Å². The van der Waals surface area contributed by atoms with Crippen molar-refractivity contribution in [3.05, 3.63) is 27.0 Å². The molecule has 24 heavy (non-hydrogen) atoms. The molecule has 1 heterocycles. The fraction of sp³-hybridized carbons (Fsp3) is 0.294.